The van der Waals surface area contributed by atoms with Crippen LogP contribution in [0.2, 0.25) is 5.02 Å². The van der Waals surface area contributed by atoms with E-state index in [9.17, 15) is 9.00 Å². The Bertz CT molecular complexity index is 1560. The van der Waals surface area contributed by atoms with Gasteiger partial charge < -0.3 is 24.5 Å². The van der Waals surface area contributed by atoms with Crippen molar-refractivity contribution < 1.29 is 18.8 Å². The SMILES string of the molecule is CCCc1cc(Cl)ccc1C1COc2ccc3cc2N(C1)CC1CCC1C(CN1C[C@H]2CN(C)C[C@H]2C1)/C=C/CC(C)C(C)S(=O)NC3=O.CO. The Morgan fingerprint density at radius 1 is 0.980 bits per heavy atom. The van der Waals surface area contributed by atoms with Gasteiger partial charge in [0.15, 0.2) is 0 Å². The molecule has 9 atom stereocenters. The topological polar surface area (TPSA) is 85.4 Å². The summed E-state index contributed by atoms with van der Waals surface area (Å²) in [5.41, 5.74) is 4.09. The lowest BCUT2D eigenvalue weighted by Crippen LogP contribution is -2.45. The zero-order valence-electron chi connectivity index (χ0n) is 31.2. The van der Waals surface area contributed by atoms with Crippen LogP contribution in [0.5, 0.6) is 5.75 Å². The highest BCUT2D eigenvalue weighted by Gasteiger charge is 2.43. The summed E-state index contributed by atoms with van der Waals surface area (Å²) in [5, 5.41) is 7.61. The Hall–Kier alpha value is -2.43. The van der Waals surface area contributed by atoms with E-state index in [2.05, 4.69) is 64.6 Å². The minimum Gasteiger partial charge on any atom is -0.491 e. The molecular weight excluding hydrogens is 680 g/mol. The number of benzene rings is 2. The van der Waals surface area contributed by atoms with E-state index in [1.54, 1.807) is 0 Å². The Kier molecular flexibility index (Phi) is 12.9. The Morgan fingerprint density at radius 2 is 1.75 bits per heavy atom. The molecule has 5 aliphatic rings. The van der Waals surface area contributed by atoms with Gasteiger partial charge in [0.05, 0.1) is 17.5 Å². The summed E-state index contributed by atoms with van der Waals surface area (Å²) in [4.78, 5) is 21.3. The van der Waals surface area contributed by atoms with Crippen molar-refractivity contribution in [2.24, 2.45) is 35.5 Å². The van der Waals surface area contributed by atoms with Crippen molar-refractivity contribution >= 4 is 34.2 Å². The van der Waals surface area contributed by atoms with E-state index < -0.39 is 11.0 Å². The summed E-state index contributed by atoms with van der Waals surface area (Å²) in [6.45, 7) is 14.7. The molecule has 0 spiro atoms. The number of ether oxygens (including phenoxy) is 1. The molecule has 2 bridgehead atoms. The van der Waals surface area contributed by atoms with Crippen molar-refractivity contribution in [3.63, 3.8) is 0 Å². The van der Waals surface area contributed by atoms with E-state index in [0.29, 0.717) is 29.9 Å². The molecule has 280 valence electrons. The van der Waals surface area contributed by atoms with Gasteiger partial charge in [-0.3, -0.25) is 9.52 Å². The summed E-state index contributed by atoms with van der Waals surface area (Å²) < 4.78 is 22.8. The zero-order valence-corrected chi connectivity index (χ0v) is 32.8. The van der Waals surface area contributed by atoms with Gasteiger partial charge in [0.25, 0.3) is 5.91 Å². The van der Waals surface area contributed by atoms with Crippen molar-refractivity contribution in [2.45, 2.75) is 64.0 Å². The maximum atomic E-state index is 13.5. The number of anilines is 1. The van der Waals surface area contributed by atoms with Gasteiger partial charge in [-0.15, -0.1) is 0 Å². The molecular formula is C41H59ClN4O4S. The number of amides is 1. The third kappa shape index (κ3) is 8.70. The molecule has 0 aromatic heterocycles. The first-order valence-corrected chi connectivity index (χ1v) is 20.8. The first-order valence-electron chi connectivity index (χ1n) is 19.2. The van der Waals surface area contributed by atoms with Crippen LogP contribution >= 0.6 is 11.6 Å². The molecule has 7 rings (SSSR count). The van der Waals surface area contributed by atoms with Gasteiger partial charge in [-0.2, -0.15) is 0 Å². The fourth-order valence-electron chi connectivity index (χ4n) is 9.35. The van der Waals surface area contributed by atoms with E-state index in [4.69, 9.17) is 21.4 Å². The number of carbonyl (C=O) groups is 1. The predicted molar refractivity (Wildman–Crippen MR) is 209 cm³/mol. The first-order chi connectivity index (χ1) is 24.7. The third-order valence-corrected chi connectivity index (χ3v) is 14.2. The summed E-state index contributed by atoms with van der Waals surface area (Å²) in [6.07, 6.45) is 10.2. The molecule has 2 aromatic carbocycles. The molecule has 0 radical (unpaired) electrons. The number of carbonyl (C=O) groups excluding carboxylic acids is 1. The van der Waals surface area contributed by atoms with Crippen LogP contribution in [0.4, 0.5) is 5.69 Å². The monoisotopic (exact) mass is 738 g/mol. The second-order valence-corrected chi connectivity index (χ2v) is 17.9. The zero-order chi connectivity index (χ0) is 36.2. The lowest BCUT2D eigenvalue weighted by atomic mass is 9.66. The highest BCUT2D eigenvalue weighted by molar-refractivity contribution is 7.84. The van der Waals surface area contributed by atoms with E-state index in [1.807, 2.05) is 31.2 Å². The van der Waals surface area contributed by atoms with Crippen LogP contribution in [0, 0.1) is 35.5 Å². The number of nitrogens with one attached hydrogen (secondary N) is 1. The van der Waals surface area contributed by atoms with Crippen molar-refractivity contribution in [2.75, 3.05) is 71.5 Å². The van der Waals surface area contributed by atoms with Gasteiger partial charge in [-0.1, -0.05) is 50.1 Å². The van der Waals surface area contributed by atoms with Crippen molar-refractivity contribution in [3.8, 4) is 5.75 Å². The average molecular weight is 739 g/mol. The highest BCUT2D eigenvalue weighted by Crippen LogP contribution is 2.45. The summed E-state index contributed by atoms with van der Waals surface area (Å²) in [6, 6.07) is 12.1. The summed E-state index contributed by atoms with van der Waals surface area (Å²) in [7, 11) is 1.78. The minimum absolute atomic E-state index is 0.163. The van der Waals surface area contributed by atoms with Gasteiger partial charge in [0.1, 0.15) is 16.7 Å². The number of aliphatic hydroxyl groups excluding tert-OH is 1. The number of nitrogens with zero attached hydrogens (tertiary/aromatic N) is 3. The normalized spacial score (nSPS) is 33.4. The molecule has 4 heterocycles. The Balaban J connectivity index is 0.00000220. The van der Waals surface area contributed by atoms with Crippen molar-refractivity contribution in [1.82, 2.24) is 14.5 Å². The van der Waals surface area contributed by atoms with Gasteiger partial charge in [0.2, 0.25) is 0 Å². The highest BCUT2D eigenvalue weighted by atomic mass is 35.5. The van der Waals surface area contributed by atoms with Gasteiger partial charge in [-0.25, -0.2) is 4.21 Å². The number of rotatable bonds is 5. The molecule has 1 saturated carbocycles. The van der Waals surface area contributed by atoms with Crippen LogP contribution in [0.1, 0.15) is 73.9 Å². The number of aliphatic hydroxyl groups is 1. The number of aryl methyl sites for hydroxylation is 1. The van der Waals surface area contributed by atoms with Crippen LogP contribution in [0.3, 0.4) is 0 Å². The molecule has 2 saturated heterocycles. The van der Waals surface area contributed by atoms with Crippen LogP contribution in [-0.2, 0) is 17.4 Å². The van der Waals surface area contributed by atoms with Gasteiger partial charge >= 0.3 is 0 Å². The van der Waals surface area contributed by atoms with Crippen LogP contribution in [-0.4, -0.2) is 96.9 Å². The van der Waals surface area contributed by atoms with E-state index >= 15 is 0 Å². The predicted octanol–water partition coefficient (Wildman–Crippen LogP) is 6.40. The van der Waals surface area contributed by atoms with E-state index in [0.717, 1.165) is 74.3 Å². The van der Waals surface area contributed by atoms with Crippen LogP contribution < -0.4 is 14.4 Å². The third-order valence-electron chi connectivity index (χ3n) is 12.4. The average Bonchev–Trinajstić information content (AvgIpc) is 3.57. The van der Waals surface area contributed by atoms with E-state index in [-0.39, 0.29) is 23.0 Å². The fraction of sp³-hybridized carbons (Fsp3) is 0.634. The van der Waals surface area contributed by atoms with Gasteiger partial charge in [0, 0.05) is 69.4 Å². The molecule has 51 heavy (non-hydrogen) atoms. The number of fused-ring (bicyclic) bond motifs is 3. The van der Waals surface area contributed by atoms with Gasteiger partial charge in [-0.05, 0) is 117 Å². The Labute approximate surface area is 313 Å². The molecule has 3 fully saturated rings. The fourth-order valence-corrected chi connectivity index (χ4v) is 10.6. The minimum atomic E-state index is -1.49. The van der Waals surface area contributed by atoms with Crippen molar-refractivity contribution in [3.05, 3.63) is 70.3 Å². The second kappa shape index (κ2) is 17.1. The number of hydrogen-bond acceptors (Lipinski definition) is 7. The molecule has 1 aliphatic carbocycles. The molecule has 1 amide bonds. The lowest BCUT2D eigenvalue weighted by Gasteiger charge is -2.45. The molecule has 10 heteroatoms. The summed E-state index contributed by atoms with van der Waals surface area (Å²) in [5.74, 6) is 4.13. The van der Waals surface area contributed by atoms with Crippen LogP contribution in [0.25, 0.3) is 0 Å². The number of halogens is 1. The smallest absolute Gasteiger partial charge is 0.263 e. The quantitative estimate of drug-likeness (QED) is 0.344. The van der Waals surface area contributed by atoms with E-state index in [1.165, 1.54) is 50.1 Å². The van der Waals surface area contributed by atoms with Crippen LogP contribution in [0.15, 0.2) is 48.6 Å². The first kappa shape index (κ1) is 38.3. The lowest BCUT2D eigenvalue weighted by molar-refractivity contribution is 0.0982. The maximum absolute atomic E-state index is 13.5. The molecule has 4 aliphatic heterocycles. The second-order valence-electron chi connectivity index (χ2n) is 15.9. The molecule has 8 nitrogen and oxygen atoms in total. The maximum Gasteiger partial charge on any atom is 0.263 e. The largest absolute Gasteiger partial charge is 0.491 e. The summed E-state index contributed by atoms with van der Waals surface area (Å²) >= 11 is 6.49. The van der Waals surface area contributed by atoms with Crippen molar-refractivity contribution in [1.29, 1.82) is 0 Å². The number of likely N-dealkylation sites (tertiary alicyclic amines) is 2. The molecule has 2 N–H and O–H groups in total. The molecule has 2 aromatic rings. The number of allylic oxidation sites excluding steroid dienone is 1. The standard InChI is InChI=1S/C40H55ClN4O3S.CH4O/c1-5-7-28-16-35(41)12-14-36(28)34-24-45-23-31-10-13-37(31)30(20-44-21-32-18-43(4)19-33(32)22-44)9-6-8-26(2)27(3)49(47)42-40(46)29-11-15-39(48-25-34)38(45)17-29;1-2/h6,9,11-12,14-17,26-27,30-34,37H,5,7-8,10,13,18-25H2,1-4H3,(H,42,46);2H,1H3/b9-6+;/t26?,27?,30?,31?,32-,33+,34?,37?,49?;. The Morgan fingerprint density at radius 3 is 2.45 bits per heavy atom. The number of hydrogen-bond donors (Lipinski definition) is 2. The molecule has 7 unspecified atom stereocenters.